The average molecular weight is 813 g/mol. The third-order valence-electron chi connectivity index (χ3n) is 12.6. The van der Waals surface area contributed by atoms with Crippen LogP contribution in [0.1, 0.15) is 65.2 Å². The molecule has 0 bridgehead atoms. The van der Waals surface area contributed by atoms with E-state index in [-0.39, 0.29) is 23.4 Å². The number of nitrogens with zero attached hydrogens (tertiary/aromatic N) is 12. The number of anilines is 4. The number of fused-ring (bicyclic) bond motifs is 6. The molecule has 6 aromatic rings. The molecule has 2 aromatic carbocycles. The van der Waals surface area contributed by atoms with E-state index in [0.29, 0.717) is 46.0 Å². The molecule has 0 saturated carbocycles. The number of rotatable bonds is 6. The van der Waals surface area contributed by atoms with Crippen LogP contribution in [0.2, 0.25) is 0 Å². The third-order valence-corrected chi connectivity index (χ3v) is 12.6. The van der Waals surface area contributed by atoms with Gasteiger partial charge in [0.2, 0.25) is 11.9 Å². The van der Waals surface area contributed by atoms with Gasteiger partial charge in [-0.05, 0) is 75.6 Å². The monoisotopic (exact) mass is 812 g/mol. The standard InChI is InChI=1S/2C22H23FN6O/c2*1-3-22-9-4-5-11-29(22)19-17(27(2)20(22)30)14-25-21(26-19)28-12-10-24-18(28)15-7-6-8-16(23)13-15/h2*6-8,10,12-14H,3-5,9,11H2,1-2H3/t2*22-/m10/s1. The van der Waals surface area contributed by atoms with Crippen molar-refractivity contribution in [2.24, 2.45) is 0 Å². The van der Waals surface area contributed by atoms with E-state index in [9.17, 15) is 18.4 Å². The molecule has 2 atom stereocenters. The maximum Gasteiger partial charge on any atom is 0.252 e. The maximum absolute atomic E-state index is 13.8. The van der Waals surface area contributed by atoms with Crippen LogP contribution in [-0.2, 0) is 9.59 Å². The van der Waals surface area contributed by atoms with Gasteiger partial charge in [0, 0.05) is 63.1 Å². The number of amides is 2. The van der Waals surface area contributed by atoms with Gasteiger partial charge in [-0.1, -0.05) is 38.1 Å². The molecule has 16 heteroatoms. The Morgan fingerprint density at radius 2 is 1.05 bits per heavy atom. The molecule has 4 aliphatic rings. The van der Waals surface area contributed by atoms with Crippen LogP contribution < -0.4 is 19.6 Å². The number of piperidine rings is 2. The highest BCUT2D eigenvalue weighted by atomic mass is 19.1. The van der Waals surface area contributed by atoms with Gasteiger partial charge in [0.1, 0.15) is 45.7 Å². The summed E-state index contributed by atoms with van der Waals surface area (Å²) in [5.41, 5.74) is 1.62. The number of halogens is 2. The fourth-order valence-corrected chi connectivity index (χ4v) is 9.45. The number of imidazole rings is 2. The Morgan fingerprint density at radius 1 is 0.617 bits per heavy atom. The van der Waals surface area contributed by atoms with E-state index in [0.717, 1.165) is 76.1 Å². The van der Waals surface area contributed by atoms with Crippen molar-refractivity contribution in [3.05, 3.63) is 97.3 Å². The molecule has 8 heterocycles. The van der Waals surface area contributed by atoms with Crippen LogP contribution in [0.3, 0.4) is 0 Å². The van der Waals surface area contributed by atoms with Crippen LogP contribution in [0.5, 0.6) is 0 Å². The lowest BCUT2D eigenvalue weighted by molar-refractivity contribution is -0.125. The molecule has 2 fully saturated rings. The minimum absolute atomic E-state index is 0.108. The number of hydrogen-bond donors (Lipinski definition) is 0. The van der Waals surface area contributed by atoms with Crippen LogP contribution in [-0.4, -0.2) is 89.1 Å². The molecule has 2 amide bonds. The summed E-state index contributed by atoms with van der Waals surface area (Å²) in [7, 11) is 3.59. The third kappa shape index (κ3) is 6.18. The van der Waals surface area contributed by atoms with Crippen molar-refractivity contribution in [2.75, 3.05) is 46.8 Å². The Kier molecular flexibility index (Phi) is 9.87. The van der Waals surface area contributed by atoms with Gasteiger partial charge in [-0.25, -0.2) is 28.7 Å². The van der Waals surface area contributed by atoms with Gasteiger partial charge >= 0.3 is 0 Å². The van der Waals surface area contributed by atoms with E-state index in [1.807, 2.05) is 0 Å². The summed E-state index contributed by atoms with van der Waals surface area (Å²) in [6.45, 7) is 5.71. The first-order chi connectivity index (χ1) is 29.1. The van der Waals surface area contributed by atoms with Crippen molar-refractivity contribution >= 4 is 34.8 Å². The van der Waals surface area contributed by atoms with Gasteiger partial charge in [0.15, 0.2) is 11.6 Å². The number of hydrogen-bond acceptors (Lipinski definition) is 10. The Hall–Kier alpha value is -6.58. The van der Waals surface area contributed by atoms with E-state index in [4.69, 9.17) is 9.97 Å². The minimum atomic E-state index is -0.550. The molecule has 0 unspecified atom stereocenters. The molecule has 0 radical (unpaired) electrons. The van der Waals surface area contributed by atoms with Crippen LogP contribution in [0.4, 0.5) is 31.8 Å². The molecule has 4 aromatic heterocycles. The molecule has 308 valence electrons. The highest BCUT2D eigenvalue weighted by Gasteiger charge is 2.52. The summed E-state index contributed by atoms with van der Waals surface area (Å²) in [5, 5.41) is 0. The fourth-order valence-electron chi connectivity index (χ4n) is 9.45. The zero-order valence-electron chi connectivity index (χ0n) is 34.1. The molecule has 14 nitrogen and oxygen atoms in total. The molecule has 2 saturated heterocycles. The van der Waals surface area contributed by atoms with Gasteiger partial charge < -0.3 is 19.6 Å². The quantitative estimate of drug-likeness (QED) is 0.171. The predicted octanol–water partition coefficient (Wildman–Crippen LogP) is 7.17. The number of aromatic nitrogens is 8. The van der Waals surface area contributed by atoms with Gasteiger partial charge in [-0.15, -0.1) is 0 Å². The summed E-state index contributed by atoms with van der Waals surface area (Å²) >= 11 is 0. The molecule has 4 aliphatic heterocycles. The number of carbonyl (C=O) groups is 2. The first-order valence-electron chi connectivity index (χ1n) is 20.5. The van der Waals surface area contributed by atoms with Crippen molar-refractivity contribution in [3.8, 4) is 34.7 Å². The Morgan fingerprint density at radius 3 is 1.45 bits per heavy atom. The summed E-state index contributed by atoms with van der Waals surface area (Å²) in [6.07, 6.45) is 17.4. The molecule has 0 spiro atoms. The first kappa shape index (κ1) is 38.9. The lowest BCUT2D eigenvalue weighted by atomic mass is 9.81. The molecule has 10 rings (SSSR count). The number of carbonyl (C=O) groups excluding carboxylic acids is 2. The zero-order valence-corrected chi connectivity index (χ0v) is 34.1. The van der Waals surface area contributed by atoms with Crippen molar-refractivity contribution in [2.45, 2.75) is 76.3 Å². The topological polar surface area (TPSA) is 134 Å². The molecular formula is C44H46F2N12O2. The van der Waals surface area contributed by atoms with Crippen molar-refractivity contribution in [1.82, 2.24) is 39.0 Å². The van der Waals surface area contributed by atoms with E-state index >= 15 is 0 Å². The summed E-state index contributed by atoms with van der Waals surface area (Å²) in [6, 6.07) is 12.6. The Balaban J connectivity index is 0.000000154. The molecule has 0 N–H and O–H groups in total. The van der Waals surface area contributed by atoms with Crippen LogP contribution in [0.15, 0.2) is 85.7 Å². The van der Waals surface area contributed by atoms with Gasteiger partial charge in [0.05, 0.1) is 12.4 Å². The summed E-state index contributed by atoms with van der Waals surface area (Å²) in [5.74, 6) is 3.13. The second-order valence-electron chi connectivity index (χ2n) is 15.7. The Labute approximate surface area is 346 Å². The molecule has 0 aliphatic carbocycles. The largest absolute Gasteiger partial charge is 0.340 e. The van der Waals surface area contributed by atoms with E-state index in [1.54, 1.807) is 94.5 Å². The second kappa shape index (κ2) is 15.2. The molecular weight excluding hydrogens is 767 g/mol. The fraction of sp³-hybridized carbons (Fsp3) is 0.364. The van der Waals surface area contributed by atoms with Gasteiger partial charge in [0.25, 0.3) is 11.8 Å². The lowest BCUT2D eigenvalue weighted by Gasteiger charge is -2.51. The van der Waals surface area contributed by atoms with Gasteiger partial charge in [-0.2, -0.15) is 9.97 Å². The van der Waals surface area contributed by atoms with Crippen molar-refractivity contribution in [3.63, 3.8) is 0 Å². The lowest BCUT2D eigenvalue weighted by Crippen LogP contribution is -2.64. The SMILES string of the molecule is CC[C@@]12CCCCN1c1nc(-n3ccnc3-c3cccc(F)c3)ncc1N(C)C2=O.CC[C@]12CCCCN1c1nc(-n3ccnc3-c3cccc(F)c3)ncc1N(C)C2=O. The van der Waals surface area contributed by atoms with E-state index < -0.39 is 11.1 Å². The predicted molar refractivity (Wildman–Crippen MR) is 224 cm³/mol. The van der Waals surface area contributed by atoms with Crippen LogP contribution in [0.25, 0.3) is 34.7 Å². The first-order valence-corrected chi connectivity index (χ1v) is 20.5. The normalized spacial score (nSPS) is 20.8. The number of benzene rings is 2. The maximum atomic E-state index is 13.8. The zero-order chi connectivity index (χ0) is 41.8. The van der Waals surface area contributed by atoms with Crippen LogP contribution >= 0.6 is 0 Å². The highest BCUT2D eigenvalue weighted by Crippen LogP contribution is 2.46. The molecule has 60 heavy (non-hydrogen) atoms. The number of likely N-dealkylation sites (N-methyl/N-ethyl adjacent to an activating group) is 2. The second-order valence-corrected chi connectivity index (χ2v) is 15.7. The highest BCUT2D eigenvalue weighted by molar-refractivity contribution is 6.08. The van der Waals surface area contributed by atoms with E-state index in [2.05, 4.69) is 43.6 Å². The summed E-state index contributed by atoms with van der Waals surface area (Å²) in [4.78, 5) is 61.7. The van der Waals surface area contributed by atoms with Crippen molar-refractivity contribution in [1.29, 1.82) is 0 Å². The van der Waals surface area contributed by atoms with E-state index in [1.165, 1.54) is 24.3 Å². The van der Waals surface area contributed by atoms with Crippen LogP contribution in [0, 0.1) is 11.6 Å². The summed E-state index contributed by atoms with van der Waals surface area (Å²) < 4.78 is 31.0. The van der Waals surface area contributed by atoms with Crippen molar-refractivity contribution < 1.29 is 18.4 Å². The Bertz CT molecular complexity index is 2430. The average Bonchev–Trinajstić information content (AvgIpc) is 3.99. The van der Waals surface area contributed by atoms with Gasteiger partial charge in [-0.3, -0.25) is 18.7 Å². The minimum Gasteiger partial charge on any atom is -0.340 e. The smallest absolute Gasteiger partial charge is 0.252 e.